The van der Waals surface area contributed by atoms with Crippen LogP contribution in [0.4, 0.5) is 0 Å². The normalized spacial score (nSPS) is 24.7. The van der Waals surface area contributed by atoms with Crippen molar-refractivity contribution in [3.05, 3.63) is 0 Å². The van der Waals surface area contributed by atoms with Gasteiger partial charge >= 0.3 is 0 Å². The van der Waals surface area contributed by atoms with Gasteiger partial charge in [-0.25, -0.2) is 0 Å². The Morgan fingerprint density at radius 3 is 2.25 bits per heavy atom. The van der Waals surface area contributed by atoms with E-state index in [1.165, 1.54) is 0 Å². The monoisotopic (exact) mass is 226 g/mol. The Hall–Kier alpha value is -0.610. The highest BCUT2D eigenvalue weighted by Gasteiger charge is 2.23. The van der Waals surface area contributed by atoms with Crippen molar-refractivity contribution in [1.29, 1.82) is 0 Å². The average Bonchev–Trinajstić information content (AvgIpc) is 2.31. The fourth-order valence-corrected chi connectivity index (χ4v) is 2.56. The number of ether oxygens (including phenoxy) is 1. The van der Waals surface area contributed by atoms with Crippen LogP contribution in [0, 0.1) is 0 Å². The molecule has 4 nitrogen and oxygen atoms in total. The molecule has 0 aromatic carbocycles. The van der Waals surface area contributed by atoms with E-state index in [-0.39, 0.29) is 5.91 Å². The van der Waals surface area contributed by atoms with Gasteiger partial charge in [0.2, 0.25) is 5.91 Å². The van der Waals surface area contributed by atoms with Crippen molar-refractivity contribution >= 4 is 5.91 Å². The molecule has 0 aromatic heterocycles. The maximum Gasteiger partial charge on any atom is 0.219 e. The minimum atomic E-state index is 0.213. The summed E-state index contributed by atoms with van der Waals surface area (Å²) in [6, 6.07) is 1.22. The molecule has 0 unspecified atom stereocenters. The van der Waals surface area contributed by atoms with Gasteiger partial charge in [-0.3, -0.25) is 4.79 Å². The molecule has 0 spiro atoms. The van der Waals surface area contributed by atoms with Crippen LogP contribution in [0.5, 0.6) is 0 Å². The van der Waals surface area contributed by atoms with E-state index in [0.29, 0.717) is 12.1 Å². The average molecular weight is 226 g/mol. The van der Waals surface area contributed by atoms with Gasteiger partial charge in [0.25, 0.3) is 0 Å². The van der Waals surface area contributed by atoms with E-state index in [0.717, 1.165) is 52.0 Å². The summed E-state index contributed by atoms with van der Waals surface area (Å²) >= 11 is 0. The Labute approximate surface area is 97.3 Å². The largest absolute Gasteiger partial charge is 0.381 e. The van der Waals surface area contributed by atoms with Crippen molar-refractivity contribution in [3.8, 4) is 0 Å². The first-order valence-electron chi connectivity index (χ1n) is 6.35. The number of amides is 1. The molecule has 2 heterocycles. The molecule has 2 aliphatic rings. The van der Waals surface area contributed by atoms with Crippen LogP contribution < -0.4 is 5.32 Å². The molecule has 16 heavy (non-hydrogen) atoms. The zero-order valence-electron chi connectivity index (χ0n) is 10.1. The second-order valence-corrected chi connectivity index (χ2v) is 4.83. The first kappa shape index (κ1) is 11.9. The lowest BCUT2D eigenvalue weighted by Crippen LogP contribution is -2.48. The van der Waals surface area contributed by atoms with E-state index < -0.39 is 0 Å². The number of hydrogen-bond acceptors (Lipinski definition) is 3. The molecule has 0 bridgehead atoms. The number of likely N-dealkylation sites (tertiary alicyclic amines) is 1. The lowest BCUT2D eigenvalue weighted by atomic mass is 10.0. The highest BCUT2D eigenvalue weighted by Crippen LogP contribution is 2.14. The van der Waals surface area contributed by atoms with Crippen molar-refractivity contribution in [2.45, 2.75) is 44.7 Å². The van der Waals surface area contributed by atoms with Gasteiger partial charge in [0, 0.05) is 45.3 Å². The third kappa shape index (κ3) is 3.19. The van der Waals surface area contributed by atoms with E-state index in [1.807, 2.05) is 4.90 Å². The minimum Gasteiger partial charge on any atom is -0.381 e. The molecule has 2 saturated heterocycles. The summed E-state index contributed by atoms with van der Waals surface area (Å²) in [6.07, 6.45) is 4.45. The Bertz CT molecular complexity index is 231. The molecule has 92 valence electrons. The number of nitrogens with zero attached hydrogens (tertiary/aromatic N) is 1. The van der Waals surface area contributed by atoms with Gasteiger partial charge in [0.05, 0.1) is 0 Å². The number of carbonyl (C=O) groups excluding carboxylic acids is 1. The summed E-state index contributed by atoms with van der Waals surface area (Å²) < 4.78 is 5.34. The Morgan fingerprint density at radius 2 is 1.69 bits per heavy atom. The smallest absolute Gasteiger partial charge is 0.219 e. The van der Waals surface area contributed by atoms with Crippen molar-refractivity contribution in [2.75, 3.05) is 26.3 Å². The van der Waals surface area contributed by atoms with Crippen molar-refractivity contribution in [3.63, 3.8) is 0 Å². The molecule has 2 fully saturated rings. The molecule has 2 aliphatic heterocycles. The number of rotatable bonds is 2. The summed E-state index contributed by atoms with van der Waals surface area (Å²) in [6.45, 7) is 5.27. The Kier molecular flexibility index (Phi) is 4.18. The fourth-order valence-electron chi connectivity index (χ4n) is 2.56. The van der Waals surface area contributed by atoms with Gasteiger partial charge < -0.3 is 15.0 Å². The van der Waals surface area contributed by atoms with Crippen LogP contribution in [0.2, 0.25) is 0 Å². The minimum absolute atomic E-state index is 0.213. The first-order chi connectivity index (χ1) is 7.75. The molecule has 0 radical (unpaired) electrons. The molecular formula is C12H22N2O2. The molecule has 0 atom stereocenters. The molecule has 1 amide bonds. The van der Waals surface area contributed by atoms with Crippen molar-refractivity contribution < 1.29 is 9.53 Å². The molecule has 1 N–H and O–H groups in total. The van der Waals surface area contributed by atoms with Gasteiger partial charge in [0.1, 0.15) is 0 Å². The topological polar surface area (TPSA) is 41.6 Å². The van der Waals surface area contributed by atoms with Crippen LogP contribution in [-0.2, 0) is 9.53 Å². The van der Waals surface area contributed by atoms with Crippen LogP contribution in [0.3, 0.4) is 0 Å². The molecular weight excluding hydrogens is 204 g/mol. The molecule has 0 aliphatic carbocycles. The zero-order valence-corrected chi connectivity index (χ0v) is 10.1. The molecule has 4 heteroatoms. The fraction of sp³-hybridized carbons (Fsp3) is 0.917. The third-order valence-electron chi connectivity index (χ3n) is 3.63. The highest BCUT2D eigenvalue weighted by atomic mass is 16.5. The second kappa shape index (κ2) is 5.64. The maximum absolute atomic E-state index is 11.2. The Morgan fingerprint density at radius 1 is 1.12 bits per heavy atom. The highest BCUT2D eigenvalue weighted by molar-refractivity contribution is 5.73. The Balaban J connectivity index is 1.70. The molecule has 0 saturated carbocycles. The van der Waals surface area contributed by atoms with E-state index in [4.69, 9.17) is 4.74 Å². The predicted molar refractivity (Wildman–Crippen MR) is 62.3 cm³/mol. The van der Waals surface area contributed by atoms with Gasteiger partial charge in [-0.05, 0) is 25.7 Å². The van der Waals surface area contributed by atoms with E-state index in [2.05, 4.69) is 5.32 Å². The van der Waals surface area contributed by atoms with Gasteiger partial charge in [-0.1, -0.05) is 0 Å². The van der Waals surface area contributed by atoms with Crippen molar-refractivity contribution in [1.82, 2.24) is 10.2 Å². The second-order valence-electron chi connectivity index (χ2n) is 4.83. The summed E-state index contributed by atoms with van der Waals surface area (Å²) in [5, 5.41) is 3.70. The number of piperidine rings is 1. The lowest BCUT2D eigenvalue weighted by Gasteiger charge is -2.35. The van der Waals surface area contributed by atoms with Crippen LogP contribution in [-0.4, -0.2) is 49.2 Å². The van der Waals surface area contributed by atoms with Crippen LogP contribution in [0.25, 0.3) is 0 Å². The molecule has 2 rings (SSSR count). The van der Waals surface area contributed by atoms with Crippen LogP contribution in [0.15, 0.2) is 0 Å². The van der Waals surface area contributed by atoms with Crippen LogP contribution >= 0.6 is 0 Å². The van der Waals surface area contributed by atoms with Gasteiger partial charge in [-0.15, -0.1) is 0 Å². The third-order valence-corrected chi connectivity index (χ3v) is 3.63. The zero-order chi connectivity index (χ0) is 11.4. The summed E-state index contributed by atoms with van der Waals surface area (Å²) in [7, 11) is 0. The number of carbonyl (C=O) groups is 1. The van der Waals surface area contributed by atoms with E-state index in [1.54, 1.807) is 6.92 Å². The number of hydrogen-bond donors (Lipinski definition) is 1. The van der Waals surface area contributed by atoms with Crippen molar-refractivity contribution in [2.24, 2.45) is 0 Å². The van der Waals surface area contributed by atoms with Gasteiger partial charge in [0.15, 0.2) is 0 Å². The SMILES string of the molecule is CC(=O)N1CCC(NC2CCOCC2)CC1. The standard InChI is InChI=1S/C12H22N2O2/c1-10(15)14-6-2-11(3-7-14)13-12-4-8-16-9-5-12/h11-13H,2-9H2,1H3. The summed E-state index contributed by atoms with van der Waals surface area (Å²) in [4.78, 5) is 13.1. The maximum atomic E-state index is 11.2. The summed E-state index contributed by atoms with van der Waals surface area (Å²) in [5.41, 5.74) is 0. The van der Waals surface area contributed by atoms with Crippen LogP contribution in [0.1, 0.15) is 32.6 Å². The van der Waals surface area contributed by atoms with E-state index in [9.17, 15) is 4.79 Å². The summed E-state index contributed by atoms with van der Waals surface area (Å²) in [5.74, 6) is 0.213. The van der Waals surface area contributed by atoms with Gasteiger partial charge in [-0.2, -0.15) is 0 Å². The van der Waals surface area contributed by atoms with E-state index >= 15 is 0 Å². The quantitative estimate of drug-likeness (QED) is 0.756. The first-order valence-corrected chi connectivity index (χ1v) is 6.35. The number of nitrogens with one attached hydrogen (secondary N) is 1. The predicted octanol–water partition coefficient (Wildman–Crippen LogP) is 0.766. The molecule has 0 aromatic rings. The lowest BCUT2D eigenvalue weighted by molar-refractivity contribution is -0.129.